The first-order chi connectivity index (χ1) is 8.13. The van der Waals surface area contributed by atoms with Crippen molar-refractivity contribution in [3.05, 3.63) is 53.1 Å². The van der Waals surface area contributed by atoms with Gasteiger partial charge in [0.2, 0.25) is 0 Å². The minimum atomic E-state index is 0.167. The Morgan fingerprint density at radius 3 is 2.41 bits per heavy atom. The molecule has 1 rings (SSSR count). The zero-order chi connectivity index (χ0) is 12.7. The third-order valence-electron chi connectivity index (χ3n) is 2.63. The lowest BCUT2D eigenvalue weighted by Gasteiger charge is -1.99. The molecule has 0 aliphatic rings. The van der Waals surface area contributed by atoms with Crippen molar-refractivity contribution in [3.8, 4) is 0 Å². The Morgan fingerprint density at radius 1 is 1.24 bits per heavy atom. The van der Waals surface area contributed by atoms with Crippen LogP contribution in [-0.2, 0) is 4.79 Å². The van der Waals surface area contributed by atoms with Crippen LogP contribution in [0.2, 0.25) is 0 Å². The molecule has 0 aliphatic heterocycles. The SMILES string of the molecule is CC/C=C(\C/C=C/c1ccc(C)cc1)C(C)=O. The van der Waals surface area contributed by atoms with Gasteiger partial charge in [-0.05, 0) is 37.8 Å². The van der Waals surface area contributed by atoms with Gasteiger partial charge in [0, 0.05) is 0 Å². The van der Waals surface area contributed by atoms with Gasteiger partial charge in [-0.3, -0.25) is 4.79 Å². The fraction of sp³-hybridized carbons (Fsp3) is 0.312. The maximum atomic E-state index is 11.3. The Morgan fingerprint density at radius 2 is 1.88 bits per heavy atom. The summed E-state index contributed by atoms with van der Waals surface area (Å²) in [6.45, 7) is 5.75. The Kier molecular flexibility index (Phi) is 5.41. The number of allylic oxidation sites excluding steroid dienone is 3. The molecule has 1 aromatic carbocycles. The molecule has 0 N–H and O–H groups in total. The summed E-state index contributed by atoms with van der Waals surface area (Å²) in [5.41, 5.74) is 3.34. The monoisotopic (exact) mass is 228 g/mol. The Balaban J connectivity index is 2.63. The lowest BCUT2D eigenvalue weighted by molar-refractivity contribution is -0.113. The number of rotatable bonds is 5. The van der Waals surface area contributed by atoms with Crippen molar-refractivity contribution in [1.82, 2.24) is 0 Å². The fourth-order valence-electron chi connectivity index (χ4n) is 1.62. The maximum Gasteiger partial charge on any atom is 0.155 e. The molecule has 0 aliphatic carbocycles. The van der Waals surface area contributed by atoms with Gasteiger partial charge in [-0.15, -0.1) is 0 Å². The van der Waals surface area contributed by atoms with E-state index in [0.717, 1.165) is 18.4 Å². The van der Waals surface area contributed by atoms with Crippen LogP contribution >= 0.6 is 0 Å². The molecular formula is C16H20O. The molecule has 0 atom stereocenters. The van der Waals surface area contributed by atoms with Crippen molar-refractivity contribution >= 4 is 11.9 Å². The molecule has 0 amide bonds. The molecule has 0 saturated carbocycles. The van der Waals surface area contributed by atoms with Gasteiger partial charge in [-0.2, -0.15) is 0 Å². The number of benzene rings is 1. The number of carbonyl (C=O) groups excluding carboxylic acids is 1. The van der Waals surface area contributed by atoms with E-state index in [1.54, 1.807) is 6.92 Å². The van der Waals surface area contributed by atoms with E-state index in [9.17, 15) is 4.79 Å². The number of Topliss-reactive ketones (excluding diaryl/α,β-unsaturated/α-hetero) is 1. The van der Waals surface area contributed by atoms with E-state index in [4.69, 9.17) is 0 Å². The lowest BCUT2D eigenvalue weighted by atomic mass is 10.1. The smallest absolute Gasteiger partial charge is 0.155 e. The van der Waals surface area contributed by atoms with Crippen LogP contribution in [0.5, 0.6) is 0 Å². The van der Waals surface area contributed by atoms with Gasteiger partial charge in [-0.1, -0.05) is 55.0 Å². The van der Waals surface area contributed by atoms with Gasteiger partial charge in [0.25, 0.3) is 0 Å². The van der Waals surface area contributed by atoms with E-state index in [2.05, 4.69) is 37.3 Å². The van der Waals surface area contributed by atoms with Crippen LogP contribution in [0.4, 0.5) is 0 Å². The predicted molar refractivity (Wildman–Crippen MR) is 73.9 cm³/mol. The molecule has 0 spiro atoms. The van der Waals surface area contributed by atoms with E-state index in [0.29, 0.717) is 0 Å². The van der Waals surface area contributed by atoms with Crippen molar-refractivity contribution in [2.45, 2.75) is 33.6 Å². The molecule has 0 fully saturated rings. The number of ketones is 1. The van der Waals surface area contributed by atoms with Crippen LogP contribution in [0.25, 0.3) is 6.08 Å². The summed E-state index contributed by atoms with van der Waals surface area (Å²) < 4.78 is 0. The maximum absolute atomic E-state index is 11.3. The summed E-state index contributed by atoms with van der Waals surface area (Å²) in [7, 11) is 0. The first-order valence-electron chi connectivity index (χ1n) is 6.06. The highest BCUT2D eigenvalue weighted by Crippen LogP contribution is 2.09. The van der Waals surface area contributed by atoms with Gasteiger partial charge < -0.3 is 0 Å². The van der Waals surface area contributed by atoms with E-state index in [1.807, 2.05) is 19.1 Å². The first-order valence-corrected chi connectivity index (χ1v) is 6.06. The molecule has 17 heavy (non-hydrogen) atoms. The summed E-state index contributed by atoms with van der Waals surface area (Å²) in [5, 5.41) is 0. The zero-order valence-electron chi connectivity index (χ0n) is 10.9. The molecule has 0 heterocycles. The number of hydrogen-bond donors (Lipinski definition) is 0. The predicted octanol–water partition coefficient (Wildman–Crippen LogP) is 4.32. The van der Waals surface area contributed by atoms with Crippen molar-refractivity contribution in [2.24, 2.45) is 0 Å². The van der Waals surface area contributed by atoms with Crippen LogP contribution in [0.3, 0.4) is 0 Å². The Labute approximate surface area is 104 Å². The third-order valence-corrected chi connectivity index (χ3v) is 2.63. The number of carbonyl (C=O) groups is 1. The summed E-state index contributed by atoms with van der Waals surface area (Å²) in [5.74, 6) is 0.167. The first kappa shape index (κ1) is 13.4. The van der Waals surface area contributed by atoms with E-state index in [1.165, 1.54) is 11.1 Å². The minimum absolute atomic E-state index is 0.167. The average Bonchev–Trinajstić information content (AvgIpc) is 2.30. The molecule has 0 radical (unpaired) electrons. The zero-order valence-corrected chi connectivity index (χ0v) is 10.9. The van der Waals surface area contributed by atoms with Gasteiger partial charge in [0.1, 0.15) is 0 Å². The second kappa shape index (κ2) is 6.85. The van der Waals surface area contributed by atoms with Crippen molar-refractivity contribution < 1.29 is 4.79 Å². The minimum Gasteiger partial charge on any atom is -0.295 e. The summed E-state index contributed by atoms with van der Waals surface area (Å²) >= 11 is 0. The summed E-state index contributed by atoms with van der Waals surface area (Å²) in [4.78, 5) is 11.3. The van der Waals surface area contributed by atoms with Crippen LogP contribution in [-0.4, -0.2) is 5.78 Å². The third kappa shape index (κ3) is 4.81. The van der Waals surface area contributed by atoms with Gasteiger partial charge >= 0.3 is 0 Å². The van der Waals surface area contributed by atoms with Crippen LogP contribution in [0.1, 0.15) is 37.8 Å². The average molecular weight is 228 g/mol. The van der Waals surface area contributed by atoms with Crippen molar-refractivity contribution in [2.75, 3.05) is 0 Å². The molecule has 0 saturated heterocycles. The highest BCUT2D eigenvalue weighted by Gasteiger charge is 1.99. The van der Waals surface area contributed by atoms with Crippen LogP contribution in [0.15, 0.2) is 42.0 Å². The lowest BCUT2D eigenvalue weighted by Crippen LogP contribution is -1.94. The molecule has 1 nitrogen and oxygen atoms in total. The molecule has 0 bridgehead atoms. The standard InChI is InChI=1S/C16H20O/c1-4-6-16(14(3)17)8-5-7-15-11-9-13(2)10-12-15/h5-7,9-12H,4,8H2,1-3H3/b7-5+,16-6+. The van der Waals surface area contributed by atoms with E-state index < -0.39 is 0 Å². The molecule has 90 valence electrons. The second-order valence-corrected chi connectivity index (χ2v) is 4.21. The Bertz CT molecular complexity index is 421. The second-order valence-electron chi connectivity index (χ2n) is 4.21. The number of aryl methyl sites for hydroxylation is 1. The Hall–Kier alpha value is -1.63. The van der Waals surface area contributed by atoms with Gasteiger partial charge in [-0.25, -0.2) is 0 Å². The van der Waals surface area contributed by atoms with Crippen molar-refractivity contribution in [3.63, 3.8) is 0 Å². The number of hydrogen-bond acceptors (Lipinski definition) is 1. The van der Waals surface area contributed by atoms with E-state index >= 15 is 0 Å². The highest BCUT2D eigenvalue weighted by molar-refractivity contribution is 5.93. The molecule has 0 aromatic heterocycles. The molecule has 1 heteroatoms. The van der Waals surface area contributed by atoms with Crippen LogP contribution < -0.4 is 0 Å². The summed E-state index contributed by atoms with van der Waals surface area (Å²) in [6.07, 6.45) is 7.74. The van der Waals surface area contributed by atoms with Crippen molar-refractivity contribution in [1.29, 1.82) is 0 Å². The quantitative estimate of drug-likeness (QED) is 0.686. The van der Waals surface area contributed by atoms with Crippen LogP contribution in [0, 0.1) is 6.92 Å². The topological polar surface area (TPSA) is 17.1 Å². The van der Waals surface area contributed by atoms with Gasteiger partial charge in [0.05, 0.1) is 0 Å². The normalized spacial score (nSPS) is 12.1. The summed E-state index contributed by atoms with van der Waals surface area (Å²) in [6, 6.07) is 8.35. The fourth-order valence-corrected chi connectivity index (χ4v) is 1.62. The molecule has 1 aromatic rings. The largest absolute Gasteiger partial charge is 0.295 e. The molecular weight excluding hydrogens is 208 g/mol. The van der Waals surface area contributed by atoms with E-state index in [-0.39, 0.29) is 5.78 Å². The van der Waals surface area contributed by atoms with Gasteiger partial charge in [0.15, 0.2) is 5.78 Å². The highest BCUT2D eigenvalue weighted by atomic mass is 16.1. The molecule has 0 unspecified atom stereocenters.